The number of Topliss-reactive ketones (excluding diaryl/α,β-unsaturated/α-hetero) is 1. The number of nitrogens with zero attached hydrogens (tertiary/aromatic N) is 2. The lowest BCUT2D eigenvalue weighted by Gasteiger charge is -2.42. The molecule has 3 heterocycles. The van der Waals surface area contributed by atoms with Crippen LogP contribution in [0.1, 0.15) is 17.3 Å². The summed E-state index contributed by atoms with van der Waals surface area (Å²) in [6.07, 6.45) is -1.39. The fourth-order valence-electron chi connectivity index (χ4n) is 4.10. The van der Waals surface area contributed by atoms with E-state index >= 15 is 0 Å². The number of guanidine groups is 2. The molecule has 0 aromatic heterocycles. The summed E-state index contributed by atoms with van der Waals surface area (Å²) in [7, 11) is 0. The lowest BCUT2D eigenvalue weighted by atomic mass is 9.84. The number of rotatable bonds is 3. The number of ether oxygens (including phenoxy) is 1. The number of carbonyl (C=O) groups excluding carboxylic acids is 2. The Balaban J connectivity index is 1.74. The van der Waals surface area contributed by atoms with E-state index in [0.29, 0.717) is 0 Å². The highest BCUT2D eigenvalue weighted by Gasteiger charge is 2.76. The van der Waals surface area contributed by atoms with Crippen molar-refractivity contribution in [3.05, 3.63) is 35.9 Å². The summed E-state index contributed by atoms with van der Waals surface area (Å²) in [5.74, 6) is -3.76. The van der Waals surface area contributed by atoms with Gasteiger partial charge in [-0.05, 0) is 19.1 Å². The molecule has 1 unspecified atom stereocenters. The molecule has 1 aromatic carbocycles. The Morgan fingerprint density at radius 1 is 1.29 bits per heavy atom. The van der Waals surface area contributed by atoms with Crippen molar-refractivity contribution in [1.82, 2.24) is 10.6 Å². The number of nitrogens with two attached hydrogens (primary N) is 2. The maximum absolute atomic E-state index is 12.5. The van der Waals surface area contributed by atoms with Crippen molar-refractivity contribution in [2.75, 3.05) is 6.54 Å². The first kappa shape index (κ1) is 18.2. The summed E-state index contributed by atoms with van der Waals surface area (Å²) in [6, 6.07) is 6.21. The van der Waals surface area contributed by atoms with Crippen LogP contribution in [0.2, 0.25) is 0 Å². The second-order valence-electron chi connectivity index (χ2n) is 7.07. The third kappa shape index (κ3) is 2.29. The van der Waals surface area contributed by atoms with E-state index in [1.54, 1.807) is 30.3 Å². The molecule has 0 saturated carbocycles. The second kappa shape index (κ2) is 5.91. The van der Waals surface area contributed by atoms with E-state index in [-0.39, 0.29) is 29.8 Å². The van der Waals surface area contributed by atoms with Gasteiger partial charge in [-0.3, -0.25) is 15.8 Å². The number of aliphatic hydroxyl groups is 2. The van der Waals surface area contributed by atoms with Crippen molar-refractivity contribution in [2.45, 2.75) is 36.6 Å². The first-order chi connectivity index (χ1) is 13.2. The van der Waals surface area contributed by atoms with Crippen LogP contribution in [0, 0.1) is 0 Å². The molecule has 1 aromatic rings. The molecule has 8 N–H and O–H groups in total. The quantitative estimate of drug-likeness (QED) is 0.176. The van der Waals surface area contributed by atoms with E-state index < -0.39 is 35.6 Å². The Morgan fingerprint density at radius 2 is 1.96 bits per heavy atom. The summed E-state index contributed by atoms with van der Waals surface area (Å²) < 4.78 is 6.77. The molecular formula is C17H21N6O5+. The van der Waals surface area contributed by atoms with Gasteiger partial charge in [0.25, 0.3) is 5.79 Å². The molecular weight excluding hydrogens is 368 g/mol. The highest BCUT2D eigenvalue weighted by molar-refractivity contribution is 5.92. The predicted molar refractivity (Wildman–Crippen MR) is 96.0 cm³/mol. The lowest BCUT2D eigenvalue weighted by Crippen LogP contribution is -2.79. The average Bonchev–Trinajstić information content (AvgIpc) is 3.11. The number of hydrogen-bond acceptors (Lipinski definition) is 10. The minimum atomic E-state index is -2.65. The van der Waals surface area contributed by atoms with Crippen LogP contribution < -0.4 is 22.1 Å². The highest BCUT2D eigenvalue weighted by Crippen LogP contribution is 2.42. The molecule has 0 bridgehead atoms. The van der Waals surface area contributed by atoms with Gasteiger partial charge < -0.3 is 26.0 Å². The average molecular weight is 389 g/mol. The van der Waals surface area contributed by atoms with Crippen LogP contribution in [-0.2, 0) is 9.53 Å². The predicted octanol–water partition coefficient (Wildman–Crippen LogP) is -3.22. The van der Waals surface area contributed by atoms with Crippen LogP contribution in [-0.4, -0.2) is 74.6 Å². The second-order valence-corrected chi connectivity index (χ2v) is 7.07. The molecule has 1 spiro atoms. The zero-order chi connectivity index (χ0) is 20.3. The van der Waals surface area contributed by atoms with Gasteiger partial charge in [0.1, 0.15) is 6.54 Å². The molecule has 0 amide bonds. The number of hydrogen-bond donors (Lipinski definition) is 6. The van der Waals surface area contributed by atoms with Crippen molar-refractivity contribution < 1.29 is 29.1 Å². The van der Waals surface area contributed by atoms with Gasteiger partial charge in [-0.25, -0.2) is 14.4 Å². The molecule has 1 saturated heterocycles. The van der Waals surface area contributed by atoms with E-state index in [4.69, 9.17) is 16.2 Å². The van der Waals surface area contributed by atoms with Crippen LogP contribution >= 0.6 is 0 Å². The van der Waals surface area contributed by atoms with Gasteiger partial charge in [0.15, 0.2) is 29.9 Å². The van der Waals surface area contributed by atoms with E-state index in [9.17, 15) is 19.8 Å². The number of ketones is 1. The Bertz CT molecular complexity index is 914. The van der Waals surface area contributed by atoms with Gasteiger partial charge in [-0.1, -0.05) is 18.2 Å². The molecule has 28 heavy (non-hydrogen) atoms. The Morgan fingerprint density at radius 3 is 2.61 bits per heavy atom. The Hall–Kier alpha value is -3.18. The summed E-state index contributed by atoms with van der Waals surface area (Å²) in [6.45, 7) is 1.18. The van der Waals surface area contributed by atoms with Crippen LogP contribution in [0.4, 0.5) is 0 Å². The number of nitrogens with one attached hydrogen (secondary N) is 2. The molecule has 11 heteroatoms. The van der Waals surface area contributed by atoms with E-state index in [2.05, 4.69) is 15.6 Å². The van der Waals surface area contributed by atoms with Crippen molar-refractivity contribution in [3.8, 4) is 0 Å². The molecule has 3 aliphatic rings. The first-order valence-electron chi connectivity index (χ1n) is 8.67. The third-order valence-electron chi connectivity index (χ3n) is 5.42. The lowest BCUT2D eigenvalue weighted by molar-refractivity contribution is -0.622. The number of carbonyl (C=O) groups is 2. The van der Waals surface area contributed by atoms with Crippen LogP contribution in [0.15, 0.2) is 35.3 Å². The number of benzene rings is 1. The summed E-state index contributed by atoms with van der Waals surface area (Å²) in [5.41, 5.74) is 10.4. The molecule has 148 valence electrons. The highest BCUT2D eigenvalue weighted by atomic mass is 16.6. The van der Waals surface area contributed by atoms with Gasteiger partial charge in [0, 0.05) is 0 Å². The maximum Gasteiger partial charge on any atom is 0.346 e. The Labute approximate surface area is 159 Å². The molecule has 1 fully saturated rings. The SMILES string of the molecule is CC(=O)C1NC(N)=[N+]2C[C@H](OC(=O)c3ccccc3)C(O)(O)[C@@]23NC(N)=N[C@@H]13. The topological polar surface area (TPSA) is 175 Å². The number of aliphatic imine (C=N–C) groups is 1. The standard InChI is InChI=1S/C17H20N6O5/c1-8(24)11-12-16(22-14(18)21-12)17(26,27)10(7-23(16)15(19)20-11)28-13(25)9-5-3-2-4-6-9/h2-6,10-12,26-27H,7H2,1H3,(H5,18,19,20,21,22)/p+1/t10-,11?,12-,16-/m0/s1. The van der Waals surface area contributed by atoms with Crippen LogP contribution in [0.3, 0.4) is 0 Å². The summed E-state index contributed by atoms with van der Waals surface area (Å²) in [4.78, 5) is 28.7. The Kier molecular flexibility index (Phi) is 3.84. The zero-order valence-corrected chi connectivity index (χ0v) is 15.0. The van der Waals surface area contributed by atoms with Crippen LogP contribution in [0.25, 0.3) is 0 Å². The van der Waals surface area contributed by atoms with E-state index in [1.807, 2.05) is 0 Å². The van der Waals surface area contributed by atoms with Crippen molar-refractivity contribution in [3.63, 3.8) is 0 Å². The first-order valence-corrected chi connectivity index (χ1v) is 8.67. The van der Waals surface area contributed by atoms with E-state index in [1.165, 1.54) is 11.5 Å². The van der Waals surface area contributed by atoms with Crippen molar-refractivity contribution >= 4 is 23.7 Å². The number of esters is 1. The van der Waals surface area contributed by atoms with Crippen LogP contribution in [0.5, 0.6) is 0 Å². The monoisotopic (exact) mass is 389 g/mol. The fraction of sp³-hybridized carbons (Fsp3) is 0.412. The molecule has 4 rings (SSSR count). The minimum absolute atomic E-state index is 0.0135. The van der Waals surface area contributed by atoms with Gasteiger partial charge in [-0.2, -0.15) is 0 Å². The molecule has 4 atom stereocenters. The van der Waals surface area contributed by atoms with E-state index in [0.717, 1.165) is 0 Å². The maximum atomic E-state index is 12.5. The fourth-order valence-corrected chi connectivity index (χ4v) is 4.10. The molecule has 0 radical (unpaired) electrons. The normalized spacial score (nSPS) is 32.5. The van der Waals surface area contributed by atoms with Gasteiger partial charge in [-0.15, -0.1) is 0 Å². The smallest absolute Gasteiger partial charge is 0.346 e. The van der Waals surface area contributed by atoms with Gasteiger partial charge in [0.2, 0.25) is 5.66 Å². The minimum Gasteiger partial charge on any atom is -0.449 e. The largest absolute Gasteiger partial charge is 0.449 e. The molecule has 3 aliphatic heterocycles. The van der Waals surface area contributed by atoms with Crippen molar-refractivity contribution in [1.29, 1.82) is 0 Å². The van der Waals surface area contributed by atoms with Gasteiger partial charge in [0.05, 0.1) is 5.56 Å². The van der Waals surface area contributed by atoms with Crippen molar-refractivity contribution in [2.24, 2.45) is 16.5 Å². The summed E-state index contributed by atoms with van der Waals surface area (Å²) >= 11 is 0. The third-order valence-corrected chi connectivity index (χ3v) is 5.42. The summed E-state index contributed by atoms with van der Waals surface area (Å²) in [5, 5.41) is 27.7. The molecule has 0 aliphatic carbocycles. The molecule has 11 nitrogen and oxygen atoms in total. The zero-order valence-electron chi connectivity index (χ0n) is 15.0. The van der Waals surface area contributed by atoms with Gasteiger partial charge >= 0.3 is 11.9 Å².